The van der Waals surface area contributed by atoms with Gasteiger partial charge in [-0.1, -0.05) is 37.6 Å². The molecule has 0 saturated heterocycles. The predicted molar refractivity (Wildman–Crippen MR) is 105 cm³/mol. The van der Waals surface area contributed by atoms with Gasteiger partial charge in [0.15, 0.2) is 0 Å². The zero-order chi connectivity index (χ0) is 21.0. The molecular formula is C23H33F3O2. The van der Waals surface area contributed by atoms with Gasteiger partial charge >= 0.3 is 6.18 Å². The first-order valence-corrected chi connectivity index (χ1v) is 10.3. The number of carbonyl (C=O) groups is 1. The van der Waals surface area contributed by atoms with Crippen molar-refractivity contribution in [2.45, 2.75) is 90.3 Å². The molecule has 28 heavy (non-hydrogen) atoms. The van der Waals surface area contributed by atoms with E-state index in [0.717, 1.165) is 44.1 Å². The van der Waals surface area contributed by atoms with Crippen LogP contribution in [0.1, 0.15) is 76.8 Å². The quantitative estimate of drug-likeness (QED) is 0.579. The van der Waals surface area contributed by atoms with Crippen LogP contribution < -0.4 is 0 Å². The summed E-state index contributed by atoms with van der Waals surface area (Å²) >= 11 is 0. The summed E-state index contributed by atoms with van der Waals surface area (Å²) in [5.74, 6) is 0.612. The third-order valence-corrected chi connectivity index (χ3v) is 6.59. The Labute approximate surface area is 166 Å². The predicted octanol–water partition coefficient (Wildman–Crippen LogP) is 6.04. The normalized spacial score (nSPS) is 26.8. The van der Waals surface area contributed by atoms with E-state index in [4.69, 9.17) is 0 Å². The Morgan fingerprint density at radius 3 is 2.11 bits per heavy atom. The second kappa shape index (κ2) is 8.98. The number of hydrogen-bond donors (Lipinski definition) is 1. The monoisotopic (exact) mass is 398 g/mol. The average Bonchev–Trinajstić information content (AvgIpc) is 2.60. The Morgan fingerprint density at radius 2 is 1.64 bits per heavy atom. The number of hydrogen-bond acceptors (Lipinski definition) is 2. The van der Waals surface area contributed by atoms with E-state index in [9.17, 15) is 23.1 Å². The van der Waals surface area contributed by atoms with E-state index in [0.29, 0.717) is 18.8 Å². The average molecular weight is 399 g/mol. The maximum Gasteiger partial charge on any atom is 0.393 e. The van der Waals surface area contributed by atoms with Crippen LogP contribution in [0.25, 0.3) is 0 Å². The minimum Gasteiger partial charge on any atom is -0.390 e. The summed E-state index contributed by atoms with van der Waals surface area (Å²) in [7, 11) is 0. The third-order valence-electron chi connectivity index (χ3n) is 6.59. The van der Waals surface area contributed by atoms with Crippen LogP contribution in [-0.4, -0.2) is 22.7 Å². The van der Waals surface area contributed by atoms with Gasteiger partial charge < -0.3 is 5.11 Å². The summed E-state index contributed by atoms with van der Waals surface area (Å²) in [4.78, 5) is 12.4. The zero-order valence-electron chi connectivity index (χ0n) is 17.2. The summed E-state index contributed by atoms with van der Waals surface area (Å²) in [6.07, 6.45) is 1.23. The number of benzene rings is 1. The van der Waals surface area contributed by atoms with Crippen LogP contribution in [0, 0.1) is 11.3 Å². The molecular weight excluding hydrogens is 365 g/mol. The fourth-order valence-corrected chi connectivity index (χ4v) is 4.33. The first kappa shape index (κ1) is 22.9. The summed E-state index contributed by atoms with van der Waals surface area (Å²) in [5, 5.41) is 10.2. The maximum absolute atomic E-state index is 12.5. The van der Waals surface area contributed by atoms with Crippen molar-refractivity contribution in [1.82, 2.24) is 0 Å². The lowest BCUT2D eigenvalue weighted by molar-refractivity contribution is -0.132. The van der Waals surface area contributed by atoms with Crippen LogP contribution in [0.15, 0.2) is 24.3 Å². The van der Waals surface area contributed by atoms with E-state index in [-0.39, 0.29) is 16.8 Å². The molecule has 2 rings (SSSR count). The SMILES string of the molecule is CCC(CCC1(C(C)=O)CCC(C)(O)CC1)Cc1ccc(CC(F)(F)F)cc1. The molecule has 0 aromatic heterocycles. The van der Waals surface area contributed by atoms with Gasteiger partial charge in [-0.15, -0.1) is 0 Å². The zero-order valence-corrected chi connectivity index (χ0v) is 17.2. The van der Waals surface area contributed by atoms with Crippen LogP contribution in [0.4, 0.5) is 13.2 Å². The van der Waals surface area contributed by atoms with Crippen molar-refractivity contribution in [3.05, 3.63) is 35.4 Å². The van der Waals surface area contributed by atoms with Crippen molar-refractivity contribution in [3.63, 3.8) is 0 Å². The summed E-state index contributed by atoms with van der Waals surface area (Å²) < 4.78 is 37.5. The van der Waals surface area contributed by atoms with E-state index in [2.05, 4.69) is 6.92 Å². The van der Waals surface area contributed by atoms with Crippen molar-refractivity contribution in [2.24, 2.45) is 11.3 Å². The van der Waals surface area contributed by atoms with Crippen LogP contribution in [0.3, 0.4) is 0 Å². The fraction of sp³-hybridized carbons (Fsp3) is 0.696. The molecule has 158 valence electrons. The molecule has 1 aromatic rings. The Kier molecular flexibility index (Phi) is 7.35. The summed E-state index contributed by atoms with van der Waals surface area (Å²) in [6, 6.07) is 6.72. The molecule has 0 amide bonds. The highest BCUT2D eigenvalue weighted by atomic mass is 19.4. The van der Waals surface area contributed by atoms with Gasteiger partial charge in [0.2, 0.25) is 0 Å². The molecule has 1 atom stereocenters. The van der Waals surface area contributed by atoms with E-state index in [1.54, 1.807) is 31.2 Å². The Hall–Kier alpha value is -1.36. The molecule has 5 heteroatoms. The Balaban J connectivity index is 1.95. The minimum absolute atomic E-state index is 0.217. The molecule has 0 heterocycles. The highest BCUT2D eigenvalue weighted by molar-refractivity contribution is 5.82. The van der Waals surface area contributed by atoms with Crippen molar-refractivity contribution in [3.8, 4) is 0 Å². The number of ketones is 1. The standard InChI is InChI=1S/C23H33F3O2/c1-4-18(15-19-5-7-20(8-6-19)16-23(24,25)26)9-10-22(17(2)27)13-11-21(3,28)12-14-22/h5-8,18,28H,4,9-16H2,1-3H3. The molecule has 2 nitrogen and oxygen atoms in total. The number of Topliss-reactive ketones (excluding diaryl/α,β-unsaturated/α-hetero) is 1. The van der Waals surface area contributed by atoms with Gasteiger partial charge in [-0.3, -0.25) is 4.79 Å². The van der Waals surface area contributed by atoms with Crippen LogP contribution in [0.2, 0.25) is 0 Å². The van der Waals surface area contributed by atoms with E-state index in [1.807, 2.05) is 6.92 Å². The topological polar surface area (TPSA) is 37.3 Å². The molecule has 0 spiro atoms. The number of alkyl halides is 3. The molecule has 0 bridgehead atoms. The lowest BCUT2D eigenvalue weighted by Crippen LogP contribution is -2.41. The summed E-state index contributed by atoms with van der Waals surface area (Å²) in [6.45, 7) is 5.63. The molecule has 1 aromatic carbocycles. The number of aliphatic hydroxyl groups is 1. The minimum atomic E-state index is -4.18. The highest BCUT2D eigenvalue weighted by Gasteiger charge is 2.42. The van der Waals surface area contributed by atoms with Crippen LogP contribution in [-0.2, 0) is 17.6 Å². The molecule has 1 fully saturated rings. The van der Waals surface area contributed by atoms with Gasteiger partial charge in [-0.2, -0.15) is 13.2 Å². The van der Waals surface area contributed by atoms with E-state index >= 15 is 0 Å². The van der Waals surface area contributed by atoms with Crippen molar-refractivity contribution in [2.75, 3.05) is 0 Å². The largest absolute Gasteiger partial charge is 0.393 e. The van der Waals surface area contributed by atoms with Crippen molar-refractivity contribution < 1.29 is 23.1 Å². The van der Waals surface area contributed by atoms with Gasteiger partial charge in [0.25, 0.3) is 0 Å². The molecule has 1 N–H and O–H groups in total. The Bertz CT molecular complexity index is 637. The number of halogens is 3. The lowest BCUT2D eigenvalue weighted by Gasteiger charge is -2.42. The second-order valence-corrected chi connectivity index (χ2v) is 8.96. The molecule has 1 unspecified atom stereocenters. The molecule has 1 aliphatic rings. The maximum atomic E-state index is 12.5. The van der Waals surface area contributed by atoms with Gasteiger partial charge in [0.05, 0.1) is 12.0 Å². The van der Waals surface area contributed by atoms with E-state index in [1.165, 1.54) is 0 Å². The van der Waals surface area contributed by atoms with Crippen molar-refractivity contribution in [1.29, 1.82) is 0 Å². The summed E-state index contributed by atoms with van der Waals surface area (Å²) in [5.41, 5.74) is 0.336. The van der Waals surface area contributed by atoms with Crippen molar-refractivity contribution >= 4 is 5.78 Å². The first-order valence-electron chi connectivity index (χ1n) is 10.3. The number of carbonyl (C=O) groups excluding carboxylic acids is 1. The first-order chi connectivity index (χ1) is 12.9. The highest BCUT2D eigenvalue weighted by Crippen LogP contribution is 2.45. The number of rotatable bonds is 8. The molecule has 1 saturated carbocycles. The van der Waals surface area contributed by atoms with E-state index < -0.39 is 18.2 Å². The van der Waals surface area contributed by atoms with Gasteiger partial charge in [0, 0.05) is 5.41 Å². The molecule has 1 aliphatic carbocycles. The van der Waals surface area contributed by atoms with Crippen LogP contribution >= 0.6 is 0 Å². The molecule has 0 radical (unpaired) electrons. The Morgan fingerprint density at radius 1 is 1.11 bits per heavy atom. The van der Waals surface area contributed by atoms with Gasteiger partial charge in [0.1, 0.15) is 5.78 Å². The van der Waals surface area contributed by atoms with Gasteiger partial charge in [-0.05, 0) is 75.8 Å². The van der Waals surface area contributed by atoms with Crippen LogP contribution in [0.5, 0.6) is 0 Å². The second-order valence-electron chi connectivity index (χ2n) is 8.96. The van der Waals surface area contributed by atoms with Gasteiger partial charge in [-0.25, -0.2) is 0 Å². The lowest BCUT2D eigenvalue weighted by atomic mass is 9.64. The fourth-order valence-electron chi connectivity index (χ4n) is 4.33. The smallest absolute Gasteiger partial charge is 0.390 e. The molecule has 0 aliphatic heterocycles. The third kappa shape index (κ3) is 6.61.